The van der Waals surface area contributed by atoms with E-state index in [0.29, 0.717) is 34.7 Å². The fourth-order valence-electron chi connectivity index (χ4n) is 3.49. The molecule has 0 aliphatic heterocycles. The van der Waals surface area contributed by atoms with Crippen LogP contribution >= 0.6 is 0 Å². The lowest BCUT2D eigenvalue weighted by atomic mass is 9.98. The number of ketones is 1. The van der Waals surface area contributed by atoms with E-state index in [4.69, 9.17) is 9.47 Å². The number of carbonyl (C=O) groups is 3. The smallest absolute Gasteiger partial charge is 0.354 e. The predicted octanol–water partition coefficient (Wildman–Crippen LogP) is 3.80. The van der Waals surface area contributed by atoms with E-state index in [2.05, 4.69) is 4.98 Å². The highest BCUT2D eigenvalue weighted by molar-refractivity contribution is 6.07. The second-order valence-corrected chi connectivity index (χ2v) is 7.74. The standard InChI is InChI=1S/C23H30N2O5/c1-13(2)12-25(22(27)17-8-10-18(29-6)11-9-17)16(5)21(26)19-14(3)20(23(28)30-7)24-15(19)4/h8-11,13,16,24H,12H2,1-7H3/t16-/m0/s1. The van der Waals surface area contributed by atoms with E-state index in [-0.39, 0.29) is 23.3 Å². The molecule has 162 valence electrons. The van der Waals surface area contributed by atoms with E-state index >= 15 is 0 Å². The predicted molar refractivity (Wildman–Crippen MR) is 114 cm³/mol. The molecule has 30 heavy (non-hydrogen) atoms. The van der Waals surface area contributed by atoms with Crippen LogP contribution in [0.15, 0.2) is 24.3 Å². The summed E-state index contributed by atoms with van der Waals surface area (Å²) in [5.41, 5.74) is 2.25. The van der Waals surface area contributed by atoms with Crippen molar-refractivity contribution >= 4 is 17.7 Å². The Morgan fingerprint density at radius 2 is 1.63 bits per heavy atom. The molecule has 0 radical (unpaired) electrons. The zero-order valence-electron chi connectivity index (χ0n) is 18.7. The summed E-state index contributed by atoms with van der Waals surface area (Å²) in [6.07, 6.45) is 0. The lowest BCUT2D eigenvalue weighted by Crippen LogP contribution is -2.45. The Hall–Kier alpha value is -3.09. The van der Waals surface area contributed by atoms with Crippen molar-refractivity contribution in [2.45, 2.75) is 40.7 Å². The van der Waals surface area contributed by atoms with Gasteiger partial charge < -0.3 is 19.4 Å². The molecule has 7 nitrogen and oxygen atoms in total. The summed E-state index contributed by atoms with van der Waals surface area (Å²) in [6.45, 7) is 9.56. The summed E-state index contributed by atoms with van der Waals surface area (Å²) in [4.78, 5) is 43.1. The number of nitrogens with zero attached hydrogens (tertiary/aromatic N) is 1. The van der Waals surface area contributed by atoms with Gasteiger partial charge in [0, 0.05) is 23.4 Å². The van der Waals surface area contributed by atoms with Crippen LogP contribution in [-0.4, -0.2) is 54.3 Å². The van der Waals surface area contributed by atoms with Crippen LogP contribution in [0.25, 0.3) is 0 Å². The maximum absolute atomic E-state index is 13.4. The quantitative estimate of drug-likeness (QED) is 0.524. The van der Waals surface area contributed by atoms with Crippen LogP contribution in [0.1, 0.15) is 63.2 Å². The number of aromatic amines is 1. The number of nitrogens with one attached hydrogen (secondary N) is 1. The summed E-state index contributed by atoms with van der Waals surface area (Å²) < 4.78 is 9.94. The van der Waals surface area contributed by atoms with Gasteiger partial charge in [-0.1, -0.05) is 13.8 Å². The lowest BCUT2D eigenvalue weighted by molar-refractivity contribution is 0.0591. The maximum atomic E-state index is 13.4. The fraction of sp³-hybridized carbons (Fsp3) is 0.435. The normalized spacial score (nSPS) is 11.9. The molecule has 1 heterocycles. The molecule has 1 aromatic heterocycles. The third-order valence-electron chi connectivity index (χ3n) is 5.08. The fourth-order valence-corrected chi connectivity index (χ4v) is 3.49. The van der Waals surface area contributed by atoms with Gasteiger partial charge in [-0.2, -0.15) is 0 Å². The second-order valence-electron chi connectivity index (χ2n) is 7.74. The third-order valence-corrected chi connectivity index (χ3v) is 5.08. The average Bonchev–Trinajstić information content (AvgIpc) is 3.03. The number of hydrogen-bond donors (Lipinski definition) is 1. The van der Waals surface area contributed by atoms with E-state index in [0.717, 1.165) is 0 Å². The Balaban J connectivity index is 2.40. The number of amides is 1. The van der Waals surface area contributed by atoms with Crippen LogP contribution in [-0.2, 0) is 4.74 Å². The molecule has 1 N–H and O–H groups in total. The van der Waals surface area contributed by atoms with Crippen LogP contribution in [0.4, 0.5) is 0 Å². The number of aryl methyl sites for hydroxylation is 1. The molecule has 0 fully saturated rings. The molecule has 0 aliphatic rings. The van der Waals surface area contributed by atoms with Gasteiger partial charge in [0.15, 0.2) is 5.78 Å². The number of hydrogen-bond acceptors (Lipinski definition) is 5. The highest BCUT2D eigenvalue weighted by Gasteiger charge is 2.32. The Bertz CT molecular complexity index is 928. The van der Waals surface area contributed by atoms with Crippen LogP contribution in [0.5, 0.6) is 5.75 Å². The van der Waals surface area contributed by atoms with Crippen LogP contribution in [0, 0.1) is 19.8 Å². The summed E-state index contributed by atoms with van der Waals surface area (Å²) in [5, 5.41) is 0. The minimum absolute atomic E-state index is 0.168. The Morgan fingerprint density at radius 3 is 2.13 bits per heavy atom. The summed E-state index contributed by atoms with van der Waals surface area (Å²) >= 11 is 0. The summed E-state index contributed by atoms with van der Waals surface area (Å²) in [5.74, 6) is -0.165. The van der Waals surface area contributed by atoms with Crippen molar-refractivity contribution in [1.82, 2.24) is 9.88 Å². The van der Waals surface area contributed by atoms with Crippen LogP contribution < -0.4 is 4.74 Å². The highest BCUT2D eigenvalue weighted by Crippen LogP contribution is 2.23. The number of Topliss-reactive ketones (excluding diaryl/α,β-unsaturated/α-hetero) is 1. The second kappa shape index (κ2) is 9.61. The van der Waals surface area contributed by atoms with E-state index in [1.165, 1.54) is 7.11 Å². The topological polar surface area (TPSA) is 88.7 Å². The molecule has 0 saturated heterocycles. The van der Waals surface area contributed by atoms with Crippen molar-refractivity contribution in [1.29, 1.82) is 0 Å². The first kappa shape index (κ1) is 23.2. The minimum atomic E-state index is -0.708. The first-order valence-electron chi connectivity index (χ1n) is 9.89. The van der Waals surface area contributed by atoms with Crippen molar-refractivity contribution in [3.8, 4) is 5.75 Å². The van der Waals surface area contributed by atoms with Crippen molar-refractivity contribution in [3.05, 3.63) is 52.3 Å². The van der Waals surface area contributed by atoms with E-state index in [1.54, 1.807) is 57.0 Å². The molecule has 1 aromatic carbocycles. The summed E-state index contributed by atoms with van der Waals surface area (Å²) in [7, 11) is 2.85. The highest BCUT2D eigenvalue weighted by atomic mass is 16.5. The van der Waals surface area contributed by atoms with Gasteiger partial charge in [-0.3, -0.25) is 9.59 Å². The molecule has 0 unspecified atom stereocenters. The minimum Gasteiger partial charge on any atom is -0.497 e. The molecule has 0 bridgehead atoms. The largest absolute Gasteiger partial charge is 0.497 e. The Kier molecular flexibility index (Phi) is 7.43. The molecular formula is C23H30N2O5. The van der Waals surface area contributed by atoms with Crippen molar-refractivity contribution < 1.29 is 23.9 Å². The van der Waals surface area contributed by atoms with Gasteiger partial charge in [-0.15, -0.1) is 0 Å². The molecule has 2 rings (SSSR count). The molecular weight excluding hydrogens is 384 g/mol. The zero-order chi connectivity index (χ0) is 22.6. The van der Waals surface area contributed by atoms with Gasteiger partial charge in [0.25, 0.3) is 5.91 Å². The van der Waals surface area contributed by atoms with Gasteiger partial charge in [0.1, 0.15) is 11.4 Å². The first-order chi connectivity index (χ1) is 14.1. The van der Waals surface area contributed by atoms with Crippen molar-refractivity contribution in [2.24, 2.45) is 5.92 Å². The number of benzene rings is 1. The van der Waals surface area contributed by atoms with Crippen LogP contribution in [0.2, 0.25) is 0 Å². The SMILES string of the molecule is COC(=O)c1[nH]c(C)c(C(=O)[C@H](C)N(CC(C)C)C(=O)c2ccc(OC)cc2)c1C. The van der Waals surface area contributed by atoms with Gasteiger partial charge in [0.05, 0.1) is 20.3 Å². The van der Waals surface area contributed by atoms with Gasteiger partial charge >= 0.3 is 5.97 Å². The molecule has 7 heteroatoms. The van der Waals surface area contributed by atoms with Crippen molar-refractivity contribution in [3.63, 3.8) is 0 Å². The number of methoxy groups -OCH3 is 2. The number of aromatic nitrogens is 1. The molecule has 1 amide bonds. The monoisotopic (exact) mass is 414 g/mol. The van der Waals surface area contributed by atoms with Gasteiger partial charge in [-0.05, 0) is 56.5 Å². The van der Waals surface area contributed by atoms with Crippen LogP contribution in [0.3, 0.4) is 0 Å². The molecule has 0 aliphatic carbocycles. The number of esters is 1. The first-order valence-corrected chi connectivity index (χ1v) is 9.89. The average molecular weight is 415 g/mol. The number of carbonyl (C=O) groups excluding carboxylic acids is 3. The van der Waals surface area contributed by atoms with E-state index in [9.17, 15) is 14.4 Å². The molecule has 0 spiro atoms. The molecule has 0 saturated carbocycles. The number of H-pyrrole nitrogens is 1. The Morgan fingerprint density at radius 1 is 1.03 bits per heavy atom. The summed E-state index contributed by atoms with van der Waals surface area (Å²) in [6, 6.07) is 6.11. The molecule has 2 aromatic rings. The van der Waals surface area contributed by atoms with Crippen molar-refractivity contribution in [2.75, 3.05) is 20.8 Å². The van der Waals surface area contributed by atoms with E-state index in [1.807, 2.05) is 13.8 Å². The molecule has 1 atom stereocenters. The number of ether oxygens (including phenoxy) is 2. The number of rotatable bonds is 8. The lowest BCUT2D eigenvalue weighted by Gasteiger charge is -2.30. The maximum Gasteiger partial charge on any atom is 0.354 e. The third kappa shape index (κ3) is 4.72. The van der Waals surface area contributed by atoms with Gasteiger partial charge in [-0.25, -0.2) is 4.79 Å². The Labute approximate surface area is 177 Å². The zero-order valence-corrected chi connectivity index (χ0v) is 18.7. The van der Waals surface area contributed by atoms with Gasteiger partial charge in [0.2, 0.25) is 0 Å². The van der Waals surface area contributed by atoms with E-state index < -0.39 is 12.0 Å².